The zero-order valence-electron chi connectivity index (χ0n) is 14.5. The first-order valence-corrected chi connectivity index (χ1v) is 9.29. The van der Waals surface area contributed by atoms with Crippen molar-refractivity contribution < 1.29 is 9.53 Å². The smallest absolute Gasteiger partial charge is 0.220 e. The molecule has 128 valence electrons. The number of hydrogen-bond acceptors (Lipinski definition) is 2. The molecule has 0 atom stereocenters. The summed E-state index contributed by atoms with van der Waals surface area (Å²) in [4.78, 5) is 12.0. The van der Waals surface area contributed by atoms with Crippen LogP contribution in [0.15, 0.2) is 24.3 Å². The molecular weight excluding hydrogens is 286 g/mol. The monoisotopic (exact) mass is 317 g/mol. The molecule has 1 fully saturated rings. The summed E-state index contributed by atoms with van der Waals surface area (Å²) in [7, 11) is 0. The molecule has 1 saturated carbocycles. The number of benzene rings is 1. The molecule has 0 heterocycles. The van der Waals surface area contributed by atoms with Gasteiger partial charge in [-0.2, -0.15) is 0 Å². The van der Waals surface area contributed by atoms with Crippen molar-refractivity contribution in [1.82, 2.24) is 5.32 Å². The second-order valence-corrected chi connectivity index (χ2v) is 6.60. The van der Waals surface area contributed by atoms with Crippen molar-refractivity contribution in [2.24, 2.45) is 0 Å². The van der Waals surface area contributed by atoms with Crippen molar-refractivity contribution in [3.05, 3.63) is 29.8 Å². The van der Waals surface area contributed by atoms with Crippen molar-refractivity contribution in [3.8, 4) is 5.75 Å². The van der Waals surface area contributed by atoms with Gasteiger partial charge in [-0.05, 0) is 43.4 Å². The van der Waals surface area contributed by atoms with Gasteiger partial charge in [0.2, 0.25) is 5.91 Å². The molecular formula is C20H31NO2. The quantitative estimate of drug-likeness (QED) is 0.560. The lowest BCUT2D eigenvalue weighted by Gasteiger charge is -2.16. The van der Waals surface area contributed by atoms with E-state index in [0.717, 1.165) is 37.9 Å². The van der Waals surface area contributed by atoms with E-state index >= 15 is 0 Å². The summed E-state index contributed by atoms with van der Waals surface area (Å²) in [6, 6.07) is 8.69. The highest BCUT2D eigenvalue weighted by molar-refractivity contribution is 5.76. The lowest BCUT2D eigenvalue weighted by Crippen LogP contribution is -2.34. The van der Waals surface area contributed by atoms with Gasteiger partial charge >= 0.3 is 0 Å². The van der Waals surface area contributed by atoms with Crippen LogP contribution in [0.25, 0.3) is 0 Å². The van der Waals surface area contributed by atoms with Crippen LogP contribution >= 0.6 is 0 Å². The van der Waals surface area contributed by atoms with Crippen LogP contribution in [0.2, 0.25) is 0 Å². The van der Waals surface area contributed by atoms with Crippen molar-refractivity contribution >= 4 is 5.91 Å². The van der Waals surface area contributed by atoms with Crippen LogP contribution in [-0.2, 0) is 11.2 Å². The third-order valence-electron chi connectivity index (χ3n) is 4.50. The number of nitrogens with one attached hydrogen (secondary N) is 1. The predicted molar refractivity (Wildman–Crippen MR) is 94.8 cm³/mol. The Morgan fingerprint density at radius 3 is 2.48 bits per heavy atom. The van der Waals surface area contributed by atoms with Crippen LogP contribution in [0, 0.1) is 0 Å². The molecule has 1 amide bonds. The van der Waals surface area contributed by atoms with Gasteiger partial charge in [-0.1, -0.05) is 51.2 Å². The summed E-state index contributed by atoms with van der Waals surface area (Å²) in [6.45, 7) is 2.79. The van der Waals surface area contributed by atoms with E-state index in [0.29, 0.717) is 19.1 Å². The van der Waals surface area contributed by atoms with E-state index in [9.17, 15) is 4.79 Å². The fourth-order valence-corrected chi connectivity index (χ4v) is 3.19. The third-order valence-corrected chi connectivity index (χ3v) is 4.50. The molecule has 1 aromatic carbocycles. The van der Waals surface area contributed by atoms with Crippen LogP contribution < -0.4 is 10.1 Å². The van der Waals surface area contributed by atoms with Crippen molar-refractivity contribution in [1.29, 1.82) is 0 Å². The average Bonchev–Trinajstić information content (AvgIpc) is 2.82. The van der Waals surface area contributed by atoms with Gasteiger partial charge in [-0.3, -0.25) is 4.79 Å². The fourth-order valence-electron chi connectivity index (χ4n) is 3.19. The van der Waals surface area contributed by atoms with Crippen molar-refractivity contribution in [2.45, 2.75) is 77.2 Å². The van der Waals surface area contributed by atoms with Crippen LogP contribution in [0.4, 0.5) is 0 Å². The van der Waals surface area contributed by atoms with Crippen LogP contribution in [-0.4, -0.2) is 18.6 Å². The van der Waals surface area contributed by atoms with Gasteiger partial charge < -0.3 is 10.1 Å². The Morgan fingerprint density at radius 2 is 1.83 bits per heavy atom. The first-order chi connectivity index (χ1) is 11.3. The maximum atomic E-state index is 12.0. The summed E-state index contributed by atoms with van der Waals surface area (Å²) >= 11 is 0. The molecule has 0 spiro atoms. The van der Waals surface area contributed by atoms with Gasteiger partial charge in [-0.15, -0.1) is 0 Å². The summed E-state index contributed by atoms with van der Waals surface area (Å²) in [5.41, 5.74) is 1.35. The van der Waals surface area contributed by atoms with Crippen LogP contribution in [0.5, 0.6) is 5.75 Å². The molecule has 0 aliphatic heterocycles. The van der Waals surface area contributed by atoms with E-state index in [1.165, 1.54) is 31.2 Å². The number of amides is 1. The maximum absolute atomic E-state index is 12.0. The molecule has 23 heavy (non-hydrogen) atoms. The molecule has 0 bridgehead atoms. The van der Waals surface area contributed by atoms with E-state index in [4.69, 9.17) is 4.74 Å². The Morgan fingerprint density at radius 1 is 1.13 bits per heavy atom. The average molecular weight is 317 g/mol. The Bertz CT molecular complexity index is 447. The van der Waals surface area contributed by atoms with Gasteiger partial charge in [0.15, 0.2) is 0 Å². The van der Waals surface area contributed by atoms with Crippen molar-refractivity contribution in [2.75, 3.05) is 6.61 Å². The lowest BCUT2D eigenvalue weighted by atomic mass is 10.1. The zero-order chi connectivity index (χ0) is 16.3. The van der Waals surface area contributed by atoms with Crippen molar-refractivity contribution in [3.63, 3.8) is 0 Å². The van der Waals surface area contributed by atoms with Gasteiger partial charge in [0.25, 0.3) is 0 Å². The molecule has 0 saturated heterocycles. The van der Waals surface area contributed by atoms with Gasteiger partial charge in [-0.25, -0.2) is 0 Å². The highest BCUT2D eigenvalue weighted by atomic mass is 16.5. The molecule has 0 unspecified atom stereocenters. The van der Waals surface area contributed by atoms with E-state index in [1.807, 2.05) is 12.1 Å². The van der Waals surface area contributed by atoms with Gasteiger partial charge in [0.1, 0.15) is 5.75 Å². The second-order valence-electron chi connectivity index (χ2n) is 6.60. The standard InChI is InChI=1S/C20H31NO2/c1-2-8-17-12-14-19(15-13-17)23-16-7-11-20(22)21-18-9-5-3-4-6-10-18/h12-15,18H,2-11,16H2,1H3,(H,21,22). The number of rotatable bonds is 8. The molecule has 1 aliphatic rings. The molecule has 1 aromatic rings. The Kier molecular flexibility index (Phi) is 7.99. The topological polar surface area (TPSA) is 38.3 Å². The molecule has 3 heteroatoms. The molecule has 1 N–H and O–H groups in total. The first-order valence-electron chi connectivity index (χ1n) is 9.29. The second kappa shape index (κ2) is 10.3. The minimum Gasteiger partial charge on any atom is -0.494 e. The normalized spacial score (nSPS) is 15.9. The van der Waals surface area contributed by atoms with E-state index in [-0.39, 0.29) is 5.91 Å². The number of carbonyl (C=O) groups is 1. The molecule has 3 nitrogen and oxygen atoms in total. The number of aryl methyl sites for hydroxylation is 1. The third kappa shape index (κ3) is 7.06. The SMILES string of the molecule is CCCc1ccc(OCCCC(=O)NC2CCCCCC2)cc1. The van der Waals surface area contributed by atoms with Gasteiger partial charge in [0.05, 0.1) is 6.61 Å². The summed E-state index contributed by atoms with van der Waals surface area (Å²) in [5.74, 6) is 1.08. The minimum atomic E-state index is 0.179. The highest BCUT2D eigenvalue weighted by Gasteiger charge is 2.14. The molecule has 1 aliphatic carbocycles. The summed E-state index contributed by atoms with van der Waals surface area (Å²) in [5, 5.41) is 3.18. The zero-order valence-corrected chi connectivity index (χ0v) is 14.5. The predicted octanol–water partition coefficient (Wildman–Crippen LogP) is 4.64. The van der Waals surface area contributed by atoms with Crippen LogP contribution in [0.3, 0.4) is 0 Å². The number of carbonyl (C=O) groups excluding carboxylic acids is 1. The largest absolute Gasteiger partial charge is 0.494 e. The Labute approximate surface area is 140 Å². The molecule has 0 aromatic heterocycles. The first kappa shape index (κ1) is 17.8. The van der Waals surface area contributed by atoms with E-state index in [1.54, 1.807) is 0 Å². The maximum Gasteiger partial charge on any atom is 0.220 e. The Hall–Kier alpha value is -1.51. The van der Waals surface area contributed by atoms with Gasteiger partial charge in [0, 0.05) is 12.5 Å². The number of hydrogen-bond donors (Lipinski definition) is 1. The highest BCUT2D eigenvalue weighted by Crippen LogP contribution is 2.17. The minimum absolute atomic E-state index is 0.179. The Balaban J connectivity index is 1.59. The molecule has 2 rings (SSSR count). The van der Waals surface area contributed by atoms with E-state index < -0.39 is 0 Å². The van der Waals surface area contributed by atoms with E-state index in [2.05, 4.69) is 24.4 Å². The number of ether oxygens (including phenoxy) is 1. The molecule has 0 radical (unpaired) electrons. The lowest BCUT2D eigenvalue weighted by molar-refractivity contribution is -0.122. The fraction of sp³-hybridized carbons (Fsp3) is 0.650. The summed E-state index contributed by atoms with van der Waals surface area (Å²) in [6.07, 6.45) is 11.0. The van der Waals surface area contributed by atoms with Crippen LogP contribution in [0.1, 0.15) is 70.3 Å². The summed E-state index contributed by atoms with van der Waals surface area (Å²) < 4.78 is 5.72.